The van der Waals surface area contributed by atoms with Crippen molar-refractivity contribution < 1.29 is 19.1 Å². The third-order valence-electron chi connectivity index (χ3n) is 4.12. The first-order valence-corrected chi connectivity index (χ1v) is 9.50. The van der Waals surface area contributed by atoms with E-state index in [9.17, 15) is 9.59 Å². The molecule has 0 aliphatic heterocycles. The molecule has 6 nitrogen and oxygen atoms in total. The quantitative estimate of drug-likeness (QED) is 0.618. The standard InChI is InChI=1S/C19H19ClN2O4S/c1-4-12-8-14-17(27-12)9-15(19(24)26-3)22(14)10-18(23)21-13-7-11(20)5-6-16(13)25-2/h5-9H,4,10H2,1-3H3,(H,21,23). The first-order valence-electron chi connectivity index (χ1n) is 8.30. The van der Waals surface area contributed by atoms with E-state index in [4.69, 9.17) is 21.1 Å². The molecule has 0 unspecified atom stereocenters. The maximum atomic E-state index is 12.7. The molecule has 8 heteroatoms. The van der Waals surface area contributed by atoms with Crippen LogP contribution < -0.4 is 10.1 Å². The van der Waals surface area contributed by atoms with Crippen LogP contribution in [0.15, 0.2) is 30.3 Å². The smallest absolute Gasteiger partial charge is 0.354 e. The zero-order chi connectivity index (χ0) is 19.6. The number of hydrogen-bond acceptors (Lipinski definition) is 5. The molecule has 0 saturated heterocycles. The molecular formula is C19H19ClN2O4S. The highest BCUT2D eigenvalue weighted by Crippen LogP contribution is 2.31. The number of benzene rings is 1. The van der Waals surface area contributed by atoms with Gasteiger partial charge in [-0.05, 0) is 36.8 Å². The van der Waals surface area contributed by atoms with E-state index in [0.29, 0.717) is 22.2 Å². The topological polar surface area (TPSA) is 69.6 Å². The lowest BCUT2D eigenvalue weighted by molar-refractivity contribution is -0.116. The van der Waals surface area contributed by atoms with E-state index in [2.05, 4.69) is 12.2 Å². The summed E-state index contributed by atoms with van der Waals surface area (Å²) in [5, 5.41) is 3.27. The Kier molecular flexibility index (Phi) is 5.72. The molecule has 0 saturated carbocycles. The third kappa shape index (κ3) is 3.94. The minimum Gasteiger partial charge on any atom is -0.495 e. The van der Waals surface area contributed by atoms with Crippen LogP contribution >= 0.6 is 22.9 Å². The van der Waals surface area contributed by atoms with Crippen LogP contribution in [-0.4, -0.2) is 30.7 Å². The van der Waals surface area contributed by atoms with E-state index in [-0.39, 0.29) is 12.5 Å². The Morgan fingerprint density at radius 2 is 2.00 bits per heavy atom. The molecule has 3 aromatic rings. The van der Waals surface area contributed by atoms with Gasteiger partial charge in [-0.1, -0.05) is 18.5 Å². The Hall–Kier alpha value is -2.51. The molecule has 0 aliphatic carbocycles. The summed E-state index contributed by atoms with van der Waals surface area (Å²) in [7, 11) is 2.84. The number of nitrogens with one attached hydrogen (secondary N) is 1. The summed E-state index contributed by atoms with van der Waals surface area (Å²) in [5.74, 6) is -0.283. The molecule has 0 spiro atoms. The lowest BCUT2D eigenvalue weighted by Gasteiger charge is -2.12. The van der Waals surface area contributed by atoms with Gasteiger partial charge in [-0.25, -0.2) is 4.79 Å². The Labute approximate surface area is 165 Å². The predicted octanol–water partition coefficient (Wildman–Crippen LogP) is 4.35. The number of ether oxygens (including phenoxy) is 2. The lowest BCUT2D eigenvalue weighted by atomic mass is 10.3. The molecule has 27 heavy (non-hydrogen) atoms. The van der Waals surface area contributed by atoms with E-state index in [1.54, 1.807) is 40.2 Å². The second kappa shape index (κ2) is 8.02. The number of hydrogen-bond donors (Lipinski definition) is 1. The fourth-order valence-corrected chi connectivity index (χ4v) is 4.04. The zero-order valence-electron chi connectivity index (χ0n) is 15.2. The van der Waals surface area contributed by atoms with Gasteiger partial charge in [0.2, 0.25) is 5.91 Å². The number of thiophene rings is 1. The van der Waals surface area contributed by atoms with Crippen molar-refractivity contribution in [3.63, 3.8) is 0 Å². The molecule has 1 aromatic carbocycles. The Morgan fingerprint density at radius 1 is 1.22 bits per heavy atom. The van der Waals surface area contributed by atoms with Crippen molar-refractivity contribution in [1.82, 2.24) is 4.57 Å². The first-order chi connectivity index (χ1) is 13.0. The SMILES string of the molecule is CCc1cc2c(cc(C(=O)OC)n2CC(=O)Nc2cc(Cl)ccc2OC)s1. The third-order valence-corrected chi connectivity index (χ3v) is 5.57. The molecule has 0 fully saturated rings. The predicted molar refractivity (Wildman–Crippen MR) is 107 cm³/mol. The van der Waals surface area contributed by atoms with Gasteiger partial charge in [0.05, 0.1) is 30.1 Å². The highest BCUT2D eigenvalue weighted by molar-refractivity contribution is 7.19. The number of halogens is 1. The minimum absolute atomic E-state index is 0.0382. The number of aromatic nitrogens is 1. The molecule has 0 radical (unpaired) electrons. The average Bonchev–Trinajstić information content (AvgIpc) is 3.20. The number of nitrogens with zero attached hydrogens (tertiary/aromatic N) is 1. The number of fused-ring (bicyclic) bond motifs is 1. The van der Waals surface area contributed by atoms with Crippen molar-refractivity contribution in [3.05, 3.63) is 45.9 Å². The summed E-state index contributed by atoms with van der Waals surface area (Å²) in [6, 6.07) is 8.74. The van der Waals surface area contributed by atoms with E-state index < -0.39 is 5.97 Å². The Bertz CT molecular complexity index is 1010. The molecule has 2 aromatic heterocycles. The van der Waals surface area contributed by atoms with Gasteiger partial charge in [-0.3, -0.25) is 4.79 Å². The lowest BCUT2D eigenvalue weighted by Crippen LogP contribution is -2.22. The maximum absolute atomic E-state index is 12.7. The van der Waals surface area contributed by atoms with Crippen molar-refractivity contribution in [2.75, 3.05) is 19.5 Å². The fraction of sp³-hybridized carbons (Fsp3) is 0.263. The number of carbonyl (C=O) groups is 2. The molecular weight excluding hydrogens is 388 g/mol. The van der Waals surface area contributed by atoms with E-state index >= 15 is 0 Å². The summed E-state index contributed by atoms with van der Waals surface area (Å²) in [6.45, 7) is 2.03. The molecule has 1 amide bonds. The van der Waals surface area contributed by atoms with Crippen LogP contribution in [0.3, 0.4) is 0 Å². The van der Waals surface area contributed by atoms with Gasteiger partial charge in [-0.15, -0.1) is 11.3 Å². The second-order valence-corrected chi connectivity index (χ2v) is 7.42. The van der Waals surface area contributed by atoms with Crippen LogP contribution in [0.5, 0.6) is 5.75 Å². The molecule has 3 rings (SSSR count). The van der Waals surface area contributed by atoms with Crippen molar-refractivity contribution in [2.45, 2.75) is 19.9 Å². The normalized spacial score (nSPS) is 10.8. The average molecular weight is 407 g/mol. The van der Waals surface area contributed by atoms with Gasteiger partial charge in [0.1, 0.15) is 18.0 Å². The van der Waals surface area contributed by atoms with E-state index in [1.165, 1.54) is 19.1 Å². The number of methoxy groups -OCH3 is 2. The number of carbonyl (C=O) groups excluding carboxylic acids is 2. The molecule has 0 aliphatic rings. The summed E-state index contributed by atoms with van der Waals surface area (Å²) in [5.41, 5.74) is 1.65. The highest BCUT2D eigenvalue weighted by atomic mass is 35.5. The van der Waals surface area contributed by atoms with E-state index in [0.717, 1.165) is 16.6 Å². The van der Waals surface area contributed by atoms with Crippen LogP contribution in [0.4, 0.5) is 5.69 Å². The Balaban J connectivity index is 1.93. The second-order valence-electron chi connectivity index (χ2n) is 5.82. The molecule has 0 atom stereocenters. The van der Waals surface area contributed by atoms with Gasteiger partial charge in [0.25, 0.3) is 0 Å². The van der Waals surface area contributed by atoms with Gasteiger partial charge in [0, 0.05) is 9.90 Å². The van der Waals surface area contributed by atoms with Gasteiger partial charge >= 0.3 is 5.97 Å². The number of aryl methyl sites for hydroxylation is 1. The van der Waals surface area contributed by atoms with Crippen molar-refractivity contribution in [1.29, 1.82) is 0 Å². The van der Waals surface area contributed by atoms with Gasteiger partial charge in [0.15, 0.2) is 0 Å². The summed E-state index contributed by atoms with van der Waals surface area (Å²) in [6.07, 6.45) is 0.888. The maximum Gasteiger partial charge on any atom is 0.354 e. The van der Waals surface area contributed by atoms with Crippen LogP contribution in [0.2, 0.25) is 5.02 Å². The first kappa shape index (κ1) is 19.3. The molecule has 1 N–H and O–H groups in total. The van der Waals surface area contributed by atoms with Gasteiger partial charge < -0.3 is 19.4 Å². The number of esters is 1. The van der Waals surface area contributed by atoms with Crippen molar-refractivity contribution in [2.24, 2.45) is 0 Å². The minimum atomic E-state index is -0.482. The van der Waals surface area contributed by atoms with Crippen LogP contribution in [0.25, 0.3) is 10.2 Å². The molecule has 2 heterocycles. The van der Waals surface area contributed by atoms with Crippen molar-refractivity contribution in [3.8, 4) is 5.75 Å². The van der Waals surface area contributed by atoms with Gasteiger partial charge in [-0.2, -0.15) is 0 Å². The van der Waals surface area contributed by atoms with Crippen LogP contribution in [-0.2, 0) is 22.5 Å². The monoisotopic (exact) mass is 406 g/mol. The summed E-state index contributed by atoms with van der Waals surface area (Å²) >= 11 is 7.61. The fourth-order valence-electron chi connectivity index (χ4n) is 2.82. The zero-order valence-corrected chi connectivity index (χ0v) is 16.7. The number of rotatable bonds is 6. The van der Waals surface area contributed by atoms with Crippen LogP contribution in [0, 0.1) is 0 Å². The largest absolute Gasteiger partial charge is 0.495 e. The Morgan fingerprint density at radius 3 is 2.67 bits per heavy atom. The van der Waals surface area contributed by atoms with Crippen molar-refractivity contribution >= 4 is 50.7 Å². The molecule has 0 bridgehead atoms. The summed E-state index contributed by atoms with van der Waals surface area (Å²) in [4.78, 5) is 26.0. The molecule has 142 valence electrons. The summed E-state index contributed by atoms with van der Waals surface area (Å²) < 4.78 is 12.7. The highest BCUT2D eigenvalue weighted by Gasteiger charge is 2.20. The number of amides is 1. The van der Waals surface area contributed by atoms with E-state index in [1.807, 2.05) is 6.07 Å². The van der Waals surface area contributed by atoms with Crippen LogP contribution in [0.1, 0.15) is 22.3 Å². The number of anilines is 1.